The number of aryl methyl sites for hydroxylation is 1. The van der Waals surface area contributed by atoms with Crippen LogP contribution in [-0.4, -0.2) is 37.7 Å². The molecule has 0 radical (unpaired) electrons. The number of rotatable bonds is 6. The zero-order valence-corrected chi connectivity index (χ0v) is 14.1. The van der Waals surface area contributed by atoms with Crippen molar-refractivity contribution in [2.24, 2.45) is 0 Å². The SMILES string of the molecule is CCCNC1c2cc(OC)ccc2CCC1N(C)C(C)C. The van der Waals surface area contributed by atoms with E-state index < -0.39 is 0 Å². The number of methoxy groups -OCH3 is 1. The number of likely N-dealkylation sites (N-methyl/N-ethyl adjacent to an activating group) is 1. The van der Waals surface area contributed by atoms with Crippen molar-refractivity contribution in [2.75, 3.05) is 20.7 Å². The molecule has 1 aromatic rings. The molecule has 0 bridgehead atoms. The smallest absolute Gasteiger partial charge is 0.119 e. The van der Waals surface area contributed by atoms with E-state index in [2.05, 4.69) is 56.2 Å². The van der Waals surface area contributed by atoms with Crippen LogP contribution in [-0.2, 0) is 6.42 Å². The second-order valence-corrected chi connectivity index (χ2v) is 6.36. The summed E-state index contributed by atoms with van der Waals surface area (Å²) in [6, 6.07) is 8.06. The van der Waals surface area contributed by atoms with E-state index in [0.29, 0.717) is 18.1 Å². The molecule has 0 spiro atoms. The highest BCUT2D eigenvalue weighted by atomic mass is 16.5. The Bertz CT molecular complexity index is 459. The van der Waals surface area contributed by atoms with Crippen molar-refractivity contribution in [1.29, 1.82) is 0 Å². The Morgan fingerprint density at radius 1 is 1.38 bits per heavy atom. The van der Waals surface area contributed by atoms with Crippen LogP contribution >= 0.6 is 0 Å². The Morgan fingerprint density at radius 3 is 2.76 bits per heavy atom. The molecule has 0 saturated carbocycles. The van der Waals surface area contributed by atoms with Gasteiger partial charge in [0.25, 0.3) is 0 Å². The summed E-state index contributed by atoms with van der Waals surface area (Å²) < 4.78 is 5.43. The number of nitrogens with zero attached hydrogens (tertiary/aromatic N) is 1. The Kier molecular flexibility index (Phi) is 5.65. The van der Waals surface area contributed by atoms with Crippen molar-refractivity contribution in [3.63, 3.8) is 0 Å². The lowest BCUT2D eigenvalue weighted by molar-refractivity contribution is 0.139. The third kappa shape index (κ3) is 3.58. The summed E-state index contributed by atoms with van der Waals surface area (Å²) in [4.78, 5) is 2.51. The van der Waals surface area contributed by atoms with Gasteiger partial charge in [-0.3, -0.25) is 4.90 Å². The Hall–Kier alpha value is -1.06. The Morgan fingerprint density at radius 2 is 2.14 bits per heavy atom. The minimum Gasteiger partial charge on any atom is -0.497 e. The average molecular weight is 290 g/mol. The normalized spacial score (nSPS) is 21.7. The van der Waals surface area contributed by atoms with E-state index in [1.807, 2.05) is 0 Å². The maximum atomic E-state index is 5.43. The Balaban J connectivity index is 2.33. The van der Waals surface area contributed by atoms with Crippen LogP contribution in [0, 0.1) is 0 Å². The molecular weight excluding hydrogens is 260 g/mol. The quantitative estimate of drug-likeness (QED) is 0.869. The van der Waals surface area contributed by atoms with Crippen LogP contribution in [0.3, 0.4) is 0 Å². The van der Waals surface area contributed by atoms with Gasteiger partial charge in [0.1, 0.15) is 5.75 Å². The van der Waals surface area contributed by atoms with E-state index in [0.717, 1.165) is 25.1 Å². The fourth-order valence-electron chi connectivity index (χ4n) is 3.26. The van der Waals surface area contributed by atoms with Crippen LogP contribution < -0.4 is 10.1 Å². The first-order valence-electron chi connectivity index (χ1n) is 8.20. The van der Waals surface area contributed by atoms with E-state index in [-0.39, 0.29) is 0 Å². The standard InChI is InChI=1S/C18H30N2O/c1-6-11-19-18-16-12-15(21-5)9-7-14(16)8-10-17(18)20(4)13(2)3/h7,9,12-13,17-19H,6,8,10-11H2,1-5H3. The number of ether oxygens (including phenoxy) is 1. The van der Waals surface area contributed by atoms with Crippen LogP contribution in [0.25, 0.3) is 0 Å². The van der Waals surface area contributed by atoms with Gasteiger partial charge in [-0.25, -0.2) is 0 Å². The summed E-state index contributed by atoms with van der Waals surface area (Å²) in [7, 11) is 4.00. The zero-order chi connectivity index (χ0) is 15.4. The Labute approximate surface area is 129 Å². The second kappa shape index (κ2) is 7.28. The van der Waals surface area contributed by atoms with E-state index >= 15 is 0 Å². The maximum Gasteiger partial charge on any atom is 0.119 e. The summed E-state index contributed by atoms with van der Waals surface area (Å²) in [5.41, 5.74) is 2.89. The first kappa shape index (κ1) is 16.3. The van der Waals surface area contributed by atoms with Gasteiger partial charge in [0.2, 0.25) is 0 Å². The highest BCUT2D eigenvalue weighted by Crippen LogP contribution is 2.35. The first-order valence-corrected chi connectivity index (χ1v) is 8.20. The molecular formula is C18H30N2O. The van der Waals surface area contributed by atoms with Gasteiger partial charge in [-0.2, -0.15) is 0 Å². The molecule has 1 aromatic carbocycles. The minimum atomic E-state index is 0.399. The van der Waals surface area contributed by atoms with E-state index in [4.69, 9.17) is 4.74 Å². The number of hydrogen-bond donors (Lipinski definition) is 1. The summed E-state index contributed by atoms with van der Waals surface area (Å²) in [6.07, 6.45) is 3.54. The fraction of sp³-hybridized carbons (Fsp3) is 0.667. The molecule has 0 fully saturated rings. The van der Waals surface area contributed by atoms with E-state index in [9.17, 15) is 0 Å². The topological polar surface area (TPSA) is 24.5 Å². The molecule has 0 saturated heterocycles. The van der Waals surface area contributed by atoms with Gasteiger partial charge in [0.05, 0.1) is 7.11 Å². The number of benzene rings is 1. The summed E-state index contributed by atoms with van der Waals surface area (Å²) in [5.74, 6) is 0.963. The van der Waals surface area contributed by atoms with Gasteiger partial charge in [0.15, 0.2) is 0 Å². The monoisotopic (exact) mass is 290 g/mol. The van der Waals surface area contributed by atoms with E-state index in [1.54, 1.807) is 7.11 Å². The van der Waals surface area contributed by atoms with Crippen LogP contribution in [0.5, 0.6) is 5.75 Å². The van der Waals surface area contributed by atoms with Crippen molar-refractivity contribution < 1.29 is 4.74 Å². The lowest BCUT2D eigenvalue weighted by Gasteiger charge is -2.41. The van der Waals surface area contributed by atoms with E-state index in [1.165, 1.54) is 17.5 Å². The third-order valence-corrected chi connectivity index (χ3v) is 4.73. The largest absolute Gasteiger partial charge is 0.497 e. The van der Waals surface area contributed by atoms with Gasteiger partial charge in [-0.15, -0.1) is 0 Å². The molecule has 0 amide bonds. The van der Waals surface area contributed by atoms with Crippen molar-refractivity contribution in [1.82, 2.24) is 10.2 Å². The highest BCUT2D eigenvalue weighted by molar-refractivity contribution is 5.40. The van der Waals surface area contributed by atoms with Gasteiger partial charge in [0, 0.05) is 18.1 Å². The van der Waals surface area contributed by atoms with Crippen LogP contribution in [0.15, 0.2) is 18.2 Å². The molecule has 1 aliphatic carbocycles. The summed E-state index contributed by atoms with van der Waals surface area (Å²) in [5, 5.41) is 3.77. The number of hydrogen-bond acceptors (Lipinski definition) is 3. The predicted molar refractivity (Wildman–Crippen MR) is 89.0 cm³/mol. The van der Waals surface area contributed by atoms with Crippen molar-refractivity contribution >= 4 is 0 Å². The average Bonchev–Trinajstić information content (AvgIpc) is 2.50. The summed E-state index contributed by atoms with van der Waals surface area (Å²) in [6.45, 7) is 7.84. The number of nitrogens with one attached hydrogen (secondary N) is 1. The molecule has 0 heterocycles. The molecule has 3 heteroatoms. The lowest BCUT2D eigenvalue weighted by Crippen LogP contribution is -2.48. The number of fused-ring (bicyclic) bond motifs is 1. The van der Waals surface area contributed by atoms with Crippen molar-refractivity contribution in [3.05, 3.63) is 29.3 Å². The highest BCUT2D eigenvalue weighted by Gasteiger charge is 2.32. The predicted octanol–water partition coefficient (Wildman–Crippen LogP) is 3.39. The van der Waals surface area contributed by atoms with Gasteiger partial charge < -0.3 is 10.1 Å². The molecule has 3 nitrogen and oxygen atoms in total. The zero-order valence-electron chi connectivity index (χ0n) is 14.1. The lowest BCUT2D eigenvalue weighted by atomic mass is 9.82. The van der Waals surface area contributed by atoms with Gasteiger partial charge in [-0.1, -0.05) is 13.0 Å². The van der Waals surface area contributed by atoms with Gasteiger partial charge in [-0.05, 0) is 70.0 Å². The summed E-state index contributed by atoms with van der Waals surface area (Å²) >= 11 is 0. The third-order valence-electron chi connectivity index (χ3n) is 4.73. The van der Waals surface area contributed by atoms with Gasteiger partial charge >= 0.3 is 0 Å². The molecule has 2 atom stereocenters. The molecule has 2 rings (SSSR count). The molecule has 0 aromatic heterocycles. The maximum absolute atomic E-state index is 5.43. The fourth-order valence-corrected chi connectivity index (χ4v) is 3.26. The van der Waals surface area contributed by atoms with Crippen molar-refractivity contribution in [3.8, 4) is 5.75 Å². The molecule has 1 aliphatic rings. The minimum absolute atomic E-state index is 0.399. The second-order valence-electron chi connectivity index (χ2n) is 6.36. The van der Waals surface area contributed by atoms with Crippen LogP contribution in [0.4, 0.5) is 0 Å². The molecule has 1 N–H and O–H groups in total. The first-order chi connectivity index (χ1) is 10.1. The molecule has 0 aliphatic heterocycles. The molecule has 21 heavy (non-hydrogen) atoms. The van der Waals surface area contributed by atoms with Crippen molar-refractivity contribution in [2.45, 2.75) is 58.2 Å². The molecule has 118 valence electrons. The van der Waals surface area contributed by atoms with Crippen LogP contribution in [0.1, 0.15) is 50.8 Å². The van der Waals surface area contributed by atoms with Crippen LogP contribution in [0.2, 0.25) is 0 Å². The molecule has 2 unspecified atom stereocenters.